The van der Waals surface area contributed by atoms with Crippen molar-refractivity contribution in [3.05, 3.63) is 0 Å². The second-order valence-corrected chi connectivity index (χ2v) is 5.90. The predicted molar refractivity (Wildman–Crippen MR) is 69.1 cm³/mol. The van der Waals surface area contributed by atoms with Gasteiger partial charge in [-0.25, -0.2) is 0 Å². The van der Waals surface area contributed by atoms with Gasteiger partial charge in [0.25, 0.3) is 0 Å². The fourth-order valence-electron chi connectivity index (χ4n) is 3.20. The average molecular weight is 241 g/mol. The third kappa shape index (κ3) is 3.94. The molecule has 0 aromatic rings. The number of ether oxygens (including phenoxy) is 1. The standard InChI is InChI=1S/C14H27NO2/c1-15(13-6-4-2-3-5-7-13)12-14(16)8-10-17-11-9-14/h13,16H,2-12H2,1H3. The van der Waals surface area contributed by atoms with Gasteiger partial charge in [0, 0.05) is 38.6 Å². The lowest BCUT2D eigenvalue weighted by Gasteiger charge is -2.38. The van der Waals surface area contributed by atoms with E-state index < -0.39 is 5.60 Å². The van der Waals surface area contributed by atoms with Crippen molar-refractivity contribution in [2.24, 2.45) is 0 Å². The number of aliphatic hydroxyl groups is 1. The first-order valence-electron chi connectivity index (χ1n) is 7.20. The Morgan fingerprint density at radius 2 is 1.71 bits per heavy atom. The molecule has 0 unspecified atom stereocenters. The molecule has 3 heteroatoms. The van der Waals surface area contributed by atoms with E-state index in [4.69, 9.17) is 4.74 Å². The zero-order valence-electron chi connectivity index (χ0n) is 11.2. The molecule has 1 heterocycles. The topological polar surface area (TPSA) is 32.7 Å². The summed E-state index contributed by atoms with van der Waals surface area (Å²) in [6.45, 7) is 2.26. The third-order valence-corrected chi connectivity index (χ3v) is 4.42. The molecule has 2 fully saturated rings. The van der Waals surface area contributed by atoms with Crippen molar-refractivity contribution in [3.8, 4) is 0 Å². The van der Waals surface area contributed by atoms with E-state index in [1.165, 1.54) is 38.5 Å². The highest BCUT2D eigenvalue weighted by molar-refractivity contribution is 4.86. The molecule has 100 valence electrons. The molecule has 3 nitrogen and oxygen atoms in total. The van der Waals surface area contributed by atoms with Crippen molar-refractivity contribution in [2.45, 2.75) is 63.0 Å². The molecule has 0 amide bonds. The number of likely N-dealkylation sites (N-methyl/N-ethyl adjacent to an activating group) is 1. The minimum atomic E-state index is -0.501. The molecule has 17 heavy (non-hydrogen) atoms. The first kappa shape index (κ1) is 13.3. The molecule has 0 aromatic carbocycles. The highest BCUT2D eigenvalue weighted by Gasteiger charge is 2.32. The van der Waals surface area contributed by atoms with E-state index in [-0.39, 0.29) is 0 Å². The predicted octanol–water partition coefficient (Wildman–Crippen LogP) is 2.18. The van der Waals surface area contributed by atoms with Crippen LogP contribution in [0.1, 0.15) is 51.4 Å². The summed E-state index contributed by atoms with van der Waals surface area (Å²) in [5, 5.41) is 10.5. The van der Waals surface area contributed by atoms with E-state index in [1.807, 2.05) is 0 Å². The van der Waals surface area contributed by atoms with Crippen molar-refractivity contribution in [2.75, 3.05) is 26.8 Å². The Bertz CT molecular complexity index is 218. The molecule has 0 aromatic heterocycles. The first-order chi connectivity index (χ1) is 8.20. The quantitative estimate of drug-likeness (QED) is 0.769. The molecular formula is C14H27NO2. The van der Waals surface area contributed by atoms with Crippen LogP contribution < -0.4 is 0 Å². The van der Waals surface area contributed by atoms with Gasteiger partial charge in [0.1, 0.15) is 0 Å². The van der Waals surface area contributed by atoms with E-state index in [2.05, 4.69) is 11.9 Å². The van der Waals surface area contributed by atoms with Crippen molar-refractivity contribution in [3.63, 3.8) is 0 Å². The van der Waals surface area contributed by atoms with E-state index in [9.17, 15) is 5.11 Å². The summed E-state index contributed by atoms with van der Waals surface area (Å²) in [5.41, 5.74) is -0.501. The van der Waals surface area contributed by atoms with Crippen LogP contribution >= 0.6 is 0 Å². The largest absolute Gasteiger partial charge is 0.388 e. The average Bonchev–Trinajstić information content (AvgIpc) is 2.57. The fourth-order valence-corrected chi connectivity index (χ4v) is 3.20. The van der Waals surface area contributed by atoms with Crippen molar-refractivity contribution < 1.29 is 9.84 Å². The molecule has 0 atom stereocenters. The number of hydrogen-bond donors (Lipinski definition) is 1. The van der Waals surface area contributed by atoms with Crippen molar-refractivity contribution >= 4 is 0 Å². The Hall–Kier alpha value is -0.120. The van der Waals surface area contributed by atoms with Gasteiger partial charge in [-0.15, -0.1) is 0 Å². The Morgan fingerprint density at radius 1 is 1.12 bits per heavy atom. The lowest BCUT2D eigenvalue weighted by molar-refractivity contribution is -0.0819. The Balaban J connectivity index is 1.83. The number of rotatable bonds is 3. The summed E-state index contributed by atoms with van der Waals surface area (Å²) in [4.78, 5) is 2.40. The van der Waals surface area contributed by atoms with Gasteiger partial charge in [0.2, 0.25) is 0 Å². The van der Waals surface area contributed by atoms with E-state index >= 15 is 0 Å². The minimum absolute atomic E-state index is 0.501. The monoisotopic (exact) mass is 241 g/mol. The lowest BCUT2D eigenvalue weighted by Crippen LogP contribution is -2.48. The summed E-state index contributed by atoms with van der Waals surface area (Å²) in [6.07, 6.45) is 9.71. The number of hydrogen-bond acceptors (Lipinski definition) is 3. The molecule has 1 aliphatic carbocycles. The second kappa shape index (κ2) is 6.17. The smallest absolute Gasteiger partial charge is 0.0817 e. The molecule has 2 aliphatic rings. The molecule has 0 bridgehead atoms. The SMILES string of the molecule is CN(CC1(O)CCOCC1)C1CCCCCC1. The molecule has 0 radical (unpaired) electrons. The summed E-state index contributed by atoms with van der Waals surface area (Å²) in [5.74, 6) is 0. The third-order valence-electron chi connectivity index (χ3n) is 4.42. The van der Waals surface area contributed by atoms with Crippen LogP contribution in [-0.4, -0.2) is 48.5 Å². The fraction of sp³-hybridized carbons (Fsp3) is 1.00. The second-order valence-electron chi connectivity index (χ2n) is 5.90. The molecular weight excluding hydrogens is 214 g/mol. The van der Waals surface area contributed by atoms with Gasteiger partial charge in [0.05, 0.1) is 5.60 Å². The summed E-state index contributed by atoms with van der Waals surface area (Å²) in [6, 6.07) is 0.685. The molecule has 1 aliphatic heterocycles. The van der Waals surface area contributed by atoms with Crippen LogP contribution in [-0.2, 0) is 4.74 Å². The summed E-state index contributed by atoms with van der Waals surface area (Å²) in [7, 11) is 2.18. The van der Waals surface area contributed by atoms with Crippen molar-refractivity contribution in [1.82, 2.24) is 4.90 Å². The Kier molecular flexibility index (Phi) is 4.83. The maximum Gasteiger partial charge on any atom is 0.0817 e. The van der Waals surface area contributed by atoms with E-state index in [0.717, 1.165) is 32.6 Å². The van der Waals surface area contributed by atoms with Crippen molar-refractivity contribution in [1.29, 1.82) is 0 Å². The Morgan fingerprint density at radius 3 is 2.29 bits per heavy atom. The van der Waals surface area contributed by atoms with Gasteiger partial charge in [-0.05, 0) is 19.9 Å². The number of nitrogens with zero attached hydrogens (tertiary/aromatic N) is 1. The van der Waals surface area contributed by atoms with E-state index in [1.54, 1.807) is 0 Å². The maximum absolute atomic E-state index is 10.5. The van der Waals surface area contributed by atoms with Gasteiger partial charge in [-0.3, -0.25) is 0 Å². The van der Waals surface area contributed by atoms with Gasteiger partial charge < -0.3 is 14.7 Å². The van der Waals surface area contributed by atoms with Crippen LogP contribution in [0, 0.1) is 0 Å². The summed E-state index contributed by atoms with van der Waals surface area (Å²) < 4.78 is 5.33. The van der Waals surface area contributed by atoms with Crippen LogP contribution in [0.5, 0.6) is 0 Å². The van der Waals surface area contributed by atoms with E-state index in [0.29, 0.717) is 6.04 Å². The molecule has 2 rings (SSSR count). The van der Waals surface area contributed by atoms with Crippen LogP contribution in [0.2, 0.25) is 0 Å². The zero-order valence-corrected chi connectivity index (χ0v) is 11.2. The van der Waals surface area contributed by atoms with Crippen LogP contribution in [0.3, 0.4) is 0 Å². The van der Waals surface area contributed by atoms with Gasteiger partial charge in [0.15, 0.2) is 0 Å². The Labute approximate surface area is 105 Å². The highest BCUT2D eigenvalue weighted by atomic mass is 16.5. The zero-order chi connectivity index (χ0) is 12.1. The summed E-state index contributed by atoms with van der Waals surface area (Å²) >= 11 is 0. The molecule has 1 N–H and O–H groups in total. The first-order valence-corrected chi connectivity index (χ1v) is 7.20. The molecule has 1 saturated heterocycles. The highest BCUT2D eigenvalue weighted by Crippen LogP contribution is 2.26. The van der Waals surface area contributed by atoms with Crippen LogP contribution in [0.15, 0.2) is 0 Å². The molecule has 1 saturated carbocycles. The molecule has 0 spiro atoms. The van der Waals surface area contributed by atoms with Gasteiger partial charge in [-0.2, -0.15) is 0 Å². The van der Waals surface area contributed by atoms with Gasteiger partial charge >= 0.3 is 0 Å². The maximum atomic E-state index is 10.5. The van der Waals surface area contributed by atoms with Gasteiger partial charge in [-0.1, -0.05) is 25.7 Å². The van der Waals surface area contributed by atoms with Crippen LogP contribution in [0.25, 0.3) is 0 Å². The lowest BCUT2D eigenvalue weighted by atomic mass is 9.93. The minimum Gasteiger partial charge on any atom is -0.388 e. The normalized spacial score (nSPS) is 27.0. The van der Waals surface area contributed by atoms with Crippen LogP contribution in [0.4, 0.5) is 0 Å².